The maximum Gasteiger partial charge on any atom is 0.442 e. The zero-order chi connectivity index (χ0) is 19.7. The Morgan fingerprint density at radius 1 is 1.11 bits per heavy atom. The van der Waals surface area contributed by atoms with Gasteiger partial charge in [0.15, 0.2) is 5.82 Å². The molecule has 28 heavy (non-hydrogen) atoms. The lowest BCUT2D eigenvalue weighted by Crippen LogP contribution is -2.16. The number of benzene rings is 2. The van der Waals surface area contributed by atoms with Gasteiger partial charge in [0.2, 0.25) is 11.7 Å². The van der Waals surface area contributed by atoms with E-state index in [0.717, 1.165) is 11.1 Å². The zero-order valence-corrected chi connectivity index (χ0v) is 14.6. The Kier molecular flexibility index (Phi) is 4.28. The third-order valence-corrected chi connectivity index (χ3v) is 4.15. The quantitative estimate of drug-likeness (QED) is 0.382. The van der Waals surface area contributed by atoms with Gasteiger partial charge in [-0.15, -0.1) is 0 Å². The van der Waals surface area contributed by atoms with Crippen molar-refractivity contribution in [1.82, 2.24) is 19.9 Å². The Labute approximate surface area is 157 Å². The van der Waals surface area contributed by atoms with E-state index in [4.69, 9.17) is 9.05 Å². The number of hydrogen-bond acceptors (Lipinski definition) is 8. The summed E-state index contributed by atoms with van der Waals surface area (Å²) in [5, 5.41) is 18.6. The molecule has 0 bridgehead atoms. The van der Waals surface area contributed by atoms with E-state index < -0.39 is 10.7 Å². The molecular formula is C18H13N5O5. The Bertz CT molecular complexity index is 1220. The van der Waals surface area contributed by atoms with Gasteiger partial charge in [0.05, 0.1) is 4.92 Å². The molecule has 140 valence electrons. The molecule has 0 aliphatic heterocycles. The van der Waals surface area contributed by atoms with Crippen molar-refractivity contribution >= 4 is 5.69 Å². The molecule has 0 radical (unpaired) electrons. The van der Waals surface area contributed by atoms with Gasteiger partial charge in [0.1, 0.15) is 6.54 Å². The smallest absolute Gasteiger partial charge is 0.337 e. The van der Waals surface area contributed by atoms with E-state index in [1.807, 2.05) is 31.2 Å². The fraction of sp³-hybridized carbons (Fsp3) is 0.111. The first-order valence-corrected chi connectivity index (χ1v) is 8.23. The average Bonchev–Trinajstić information content (AvgIpc) is 3.30. The molecule has 0 saturated carbocycles. The molecule has 0 fully saturated rings. The number of hydrogen-bond donors (Lipinski definition) is 0. The van der Waals surface area contributed by atoms with E-state index in [0.29, 0.717) is 11.4 Å². The van der Waals surface area contributed by atoms with Crippen molar-refractivity contribution in [2.45, 2.75) is 13.5 Å². The van der Waals surface area contributed by atoms with Crippen LogP contribution in [0.1, 0.15) is 11.5 Å². The van der Waals surface area contributed by atoms with E-state index in [2.05, 4.69) is 15.3 Å². The summed E-state index contributed by atoms with van der Waals surface area (Å²) < 4.78 is 11.3. The predicted octanol–water partition coefficient (Wildman–Crippen LogP) is 2.82. The Morgan fingerprint density at radius 3 is 2.71 bits per heavy atom. The van der Waals surface area contributed by atoms with Crippen LogP contribution in [0.4, 0.5) is 5.69 Å². The van der Waals surface area contributed by atoms with Gasteiger partial charge in [0, 0.05) is 23.3 Å². The molecule has 2 aromatic carbocycles. The van der Waals surface area contributed by atoms with Crippen molar-refractivity contribution in [3.05, 3.63) is 80.7 Å². The molecule has 4 rings (SSSR count). The Morgan fingerprint density at radius 2 is 1.93 bits per heavy atom. The van der Waals surface area contributed by atoms with E-state index in [9.17, 15) is 14.9 Å². The highest BCUT2D eigenvalue weighted by molar-refractivity contribution is 5.60. The van der Waals surface area contributed by atoms with Gasteiger partial charge in [-0.25, -0.2) is 9.36 Å². The van der Waals surface area contributed by atoms with Crippen LogP contribution in [0, 0.1) is 17.0 Å². The summed E-state index contributed by atoms with van der Waals surface area (Å²) in [4.78, 5) is 26.7. The number of nitro groups is 1. The van der Waals surface area contributed by atoms with Gasteiger partial charge in [-0.3, -0.25) is 14.6 Å². The van der Waals surface area contributed by atoms with Crippen LogP contribution >= 0.6 is 0 Å². The fourth-order valence-corrected chi connectivity index (χ4v) is 2.76. The summed E-state index contributed by atoms with van der Waals surface area (Å²) in [6, 6.07) is 13.3. The molecule has 0 amide bonds. The van der Waals surface area contributed by atoms with Crippen LogP contribution in [0.25, 0.3) is 22.8 Å². The monoisotopic (exact) mass is 379 g/mol. The summed E-state index contributed by atoms with van der Waals surface area (Å²) in [6.07, 6.45) is 0. The van der Waals surface area contributed by atoms with Crippen LogP contribution in [0.15, 0.2) is 62.4 Å². The molecule has 0 aliphatic rings. The summed E-state index contributed by atoms with van der Waals surface area (Å²) in [6.45, 7) is 1.85. The standard InChI is InChI=1S/C18H13N5O5/c1-11-5-2-3-8-14(11)17-21-28-18(24)22(17)10-15-19-16(20-27-15)12-6-4-7-13(9-12)23(25)26/h2-9H,10H2,1H3. The molecule has 0 saturated heterocycles. The summed E-state index contributed by atoms with van der Waals surface area (Å²) >= 11 is 0. The molecule has 10 nitrogen and oxygen atoms in total. The minimum Gasteiger partial charge on any atom is -0.337 e. The number of aryl methyl sites for hydroxylation is 1. The number of rotatable bonds is 5. The van der Waals surface area contributed by atoms with Crippen molar-refractivity contribution < 1.29 is 14.0 Å². The predicted molar refractivity (Wildman–Crippen MR) is 96.4 cm³/mol. The largest absolute Gasteiger partial charge is 0.442 e. The van der Waals surface area contributed by atoms with Gasteiger partial charge in [-0.05, 0) is 12.5 Å². The second-order valence-corrected chi connectivity index (χ2v) is 5.99. The Balaban J connectivity index is 1.67. The van der Waals surface area contributed by atoms with E-state index in [-0.39, 0.29) is 23.9 Å². The molecule has 4 aromatic rings. The second-order valence-electron chi connectivity index (χ2n) is 5.99. The van der Waals surface area contributed by atoms with Crippen LogP contribution < -0.4 is 5.76 Å². The molecule has 2 aromatic heterocycles. The average molecular weight is 379 g/mol. The highest BCUT2D eigenvalue weighted by Gasteiger charge is 2.18. The van der Waals surface area contributed by atoms with Gasteiger partial charge in [-0.1, -0.05) is 46.7 Å². The van der Waals surface area contributed by atoms with Crippen LogP contribution in [0.2, 0.25) is 0 Å². The molecular weight excluding hydrogens is 366 g/mol. The van der Waals surface area contributed by atoms with Crippen molar-refractivity contribution in [1.29, 1.82) is 0 Å². The SMILES string of the molecule is Cc1ccccc1-c1noc(=O)n1Cc1nc(-c2cccc([N+](=O)[O-])c2)no1. The van der Waals surface area contributed by atoms with E-state index in [1.54, 1.807) is 6.07 Å². The first-order chi connectivity index (χ1) is 13.5. The van der Waals surface area contributed by atoms with Crippen LogP contribution in [0.5, 0.6) is 0 Å². The highest BCUT2D eigenvalue weighted by Crippen LogP contribution is 2.23. The van der Waals surface area contributed by atoms with Crippen molar-refractivity contribution in [3.63, 3.8) is 0 Å². The molecule has 0 N–H and O–H groups in total. The van der Waals surface area contributed by atoms with Crippen LogP contribution in [-0.2, 0) is 6.54 Å². The topological polar surface area (TPSA) is 130 Å². The summed E-state index contributed by atoms with van der Waals surface area (Å²) in [5.41, 5.74) is 2.01. The van der Waals surface area contributed by atoms with Crippen molar-refractivity contribution in [3.8, 4) is 22.8 Å². The van der Waals surface area contributed by atoms with Gasteiger partial charge >= 0.3 is 5.76 Å². The third-order valence-electron chi connectivity index (χ3n) is 4.15. The third kappa shape index (κ3) is 3.18. The minimum atomic E-state index is -0.659. The maximum atomic E-state index is 12.1. The van der Waals surface area contributed by atoms with Crippen LogP contribution in [0.3, 0.4) is 0 Å². The number of aromatic nitrogens is 4. The molecule has 10 heteroatoms. The van der Waals surface area contributed by atoms with E-state index in [1.165, 1.54) is 22.8 Å². The Hall–Kier alpha value is -4.08. The summed E-state index contributed by atoms with van der Waals surface area (Å²) in [5.74, 6) is 0.00818. The lowest BCUT2D eigenvalue weighted by Gasteiger charge is -2.04. The molecule has 0 atom stereocenters. The molecule has 2 heterocycles. The van der Waals surface area contributed by atoms with E-state index >= 15 is 0 Å². The molecule has 0 aliphatic carbocycles. The van der Waals surface area contributed by atoms with Gasteiger partial charge < -0.3 is 4.52 Å². The molecule has 0 spiro atoms. The van der Waals surface area contributed by atoms with Gasteiger partial charge in [-0.2, -0.15) is 4.98 Å². The normalized spacial score (nSPS) is 10.9. The number of nitro benzene ring substituents is 1. The number of non-ortho nitro benzene ring substituents is 1. The van der Waals surface area contributed by atoms with Crippen LogP contribution in [-0.4, -0.2) is 24.8 Å². The first-order valence-electron chi connectivity index (χ1n) is 8.23. The minimum absolute atomic E-state index is 0.0477. The lowest BCUT2D eigenvalue weighted by molar-refractivity contribution is -0.384. The number of nitrogens with zero attached hydrogens (tertiary/aromatic N) is 5. The fourth-order valence-electron chi connectivity index (χ4n) is 2.76. The highest BCUT2D eigenvalue weighted by atomic mass is 16.6. The second kappa shape index (κ2) is 6.91. The zero-order valence-electron chi connectivity index (χ0n) is 14.6. The molecule has 0 unspecified atom stereocenters. The van der Waals surface area contributed by atoms with Crippen molar-refractivity contribution in [2.24, 2.45) is 0 Å². The van der Waals surface area contributed by atoms with Gasteiger partial charge in [0.25, 0.3) is 5.69 Å². The summed E-state index contributed by atoms with van der Waals surface area (Å²) in [7, 11) is 0. The first kappa shape index (κ1) is 17.3. The maximum absolute atomic E-state index is 12.1. The van der Waals surface area contributed by atoms with Crippen molar-refractivity contribution in [2.75, 3.05) is 0 Å². The lowest BCUT2D eigenvalue weighted by atomic mass is 10.1.